The number of halogens is 1. The minimum absolute atomic E-state index is 0.0877. The Morgan fingerprint density at radius 1 is 1.19 bits per heavy atom. The van der Waals surface area contributed by atoms with E-state index in [2.05, 4.69) is 65.1 Å². The number of aryl methyl sites for hydroxylation is 1. The van der Waals surface area contributed by atoms with Gasteiger partial charge in [0.15, 0.2) is 0 Å². The lowest BCUT2D eigenvalue weighted by Crippen LogP contribution is -2.58. The molecule has 0 spiro atoms. The predicted octanol–water partition coefficient (Wildman–Crippen LogP) is 4.01. The van der Waals surface area contributed by atoms with Crippen molar-refractivity contribution < 1.29 is 4.39 Å². The van der Waals surface area contributed by atoms with Crippen LogP contribution < -0.4 is 16.0 Å². The highest BCUT2D eigenvalue weighted by atomic mass is 19.1. The molecule has 1 aromatic carbocycles. The number of rotatable bonds is 9. The quantitative estimate of drug-likeness (QED) is 0.277. The van der Waals surface area contributed by atoms with Gasteiger partial charge in [0.05, 0.1) is 11.2 Å². The Kier molecular flexibility index (Phi) is 6.85. The Balaban J connectivity index is 1.52. The summed E-state index contributed by atoms with van der Waals surface area (Å²) in [6.07, 6.45) is 11.3. The van der Waals surface area contributed by atoms with E-state index < -0.39 is 0 Å². The first-order valence-corrected chi connectivity index (χ1v) is 12.7. The normalized spacial score (nSPS) is 19.8. The van der Waals surface area contributed by atoms with E-state index in [-0.39, 0.29) is 17.4 Å². The van der Waals surface area contributed by atoms with Crippen LogP contribution in [-0.4, -0.2) is 70.2 Å². The minimum atomic E-state index is -0.271. The molecule has 9 heteroatoms. The van der Waals surface area contributed by atoms with Crippen LogP contribution in [0.25, 0.3) is 33.2 Å². The van der Waals surface area contributed by atoms with Crippen LogP contribution in [0.15, 0.2) is 60.6 Å². The molecule has 2 unspecified atom stereocenters. The van der Waals surface area contributed by atoms with E-state index in [0.717, 1.165) is 58.4 Å². The fourth-order valence-electron chi connectivity index (χ4n) is 5.17. The third-order valence-electron chi connectivity index (χ3n) is 7.20. The van der Waals surface area contributed by atoms with Crippen molar-refractivity contribution >= 4 is 27.9 Å². The molecule has 0 radical (unpaired) electrons. The van der Waals surface area contributed by atoms with Crippen LogP contribution in [0.4, 0.5) is 10.3 Å². The molecule has 3 heterocycles. The van der Waals surface area contributed by atoms with E-state index in [0.29, 0.717) is 5.95 Å². The monoisotopic (exact) mass is 502 g/mol. The van der Waals surface area contributed by atoms with Crippen molar-refractivity contribution in [2.75, 3.05) is 39.5 Å². The Bertz CT molecular complexity index is 1480. The van der Waals surface area contributed by atoms with Gasteiger partial charge in [-0.05, 0) is 77.1 Å². The zero-order chi connectivity index (χ0) is 26.2. The first-order valence-electron chi connectivity index (χ1n) is 12.7. The van der Waals surface area contributed by atoms with E-state index >= 15 is 0 Å². The molecule has 194 valence electrons. The van der Waals surface area contributed by atoms with E-state index in [9.17, 15) is 4.39 Å². The fraction of sp³-hybridized carbons (Fsp3) is 0.357. The van der Waals surface area contributed by atoms with Gasteiger partial charge in [-0.3, -0.25) is 0 Å². The molecule has 0 aliphatic heterocycles. The van der Waals surface area contributed by atoms with Gasteiger partial charge in [-0.15, -0.1) is 0 Å². The molecule has 2 atom stereocenters. The maximum absolute atomic E-state index is 14.2. The Morgan fingerprint density at radius 3 is 2.78 bits per heavy atom. The topological polar surface area (TPSA) is 85.8 Å². The van der Waals surface area contributed by atoms with Gasteiger partial charge < -0.3 is 30.4 Å². The van der Waals surface area contributed by atoms with Gasteiger partial charge in [-0.1, -0.05) is 13.0 Å². The number of hydrogen-bond acceptors (Lipinski definition) is 6. The molecule has 0 amide bonds. The van der Waals surface area contributed by atoms with Crippen molar-refractivity contribution in [1.29, 1.82) is 0 Å². The van der Waals surface area contributed by atoms with Gasteiger partial charge in [0.1, 0.15) is 11.5 Å². The number of nitrogens with zero attached hydrogens (tertiary/aromatic N) is 4. The highest BCUT2D eigenvalue weighted by molar-refractivity contribution is 6.02. The van der Waals surface area contributed by atoms with E-state index in [4.69, 9.17) is 9.97 Å². The van der Waals surface area contributed by atoms with Crippen LogP contribution in [0.5, 0.6) is 0 Å². The number of hydrogen-bond donors (Lipinski definition) is 4. The molecular formula is C28H35FN8. The van der Waals surface area contributed by atoms with Crippen LogP contribution >= 0.6 is 0 Å². The highest BCUT2D eigenvalue weighted by Crippen LogP contribution is 2.34. The summed E-state index contributed by atoms with van der Waals surface area (Å²) < 4.78 is 16.2. The second kappa shape index (κ2) is 10.1. The summed E-state index contributed by atoms with van der Waals surface area (Å²) in [5, 5.41) is 12.3. The summed E-state index contributed by atoms with van der Waals surface area (Å²) in [5.41, 5.74) is 4.00. The van der Waals surface area contributed by atoms with Crippen molar-refractivity contribution in [3.63, 3.8) is 0 Å². The number of aromatic nitrogens is 4. The lowest BCUT2D eigenvalue weighted by Gasteiger charge is -2.40. The molecule has 0 saturated carbocycles. The lowest BCUT2D eigenvalue weighted by molar-refractivity contribution is 0.279. The standard InChI is InChI=1S/C28H35FN8/c1-6-31-24-16-19(9-11-28(24,30-2)12-14-36(3)4)33-27-34-25(20-10-13-32-26(20)35-27)22-17-37(5)23-8-7-18(29)15-21(22)23/h7-11,13,15-17,24,30-31H,6,12,14H2,1-5H3,(H2,32,33,34,35). The van der Waals surface area contributed by atoms with Crippen molar-refractivity contribution in [2.45, 2.75) is 24.9 Å². The van der Waals surface area contributed by atoms with Crippen LogP contribution in [0.3, 0.4) is 0 Å². The number of nitrogens with one attached hydrogen (secondary N) is 4. The first-order chi connectivity index (χ1) is 17.8. The average Bonchev–Trinajstić information content (AvgIpc) is 3.47. The summed E-state index contributed by atoms with van der Waals surface area (Å²) >= 11 is 0. The zero-order valence-corrected chi connectivity index (χ0v) is 22.1. The number of likely N-dealkylation sites (N-methyl/N-ethyl adjacent to an activating group) is 2. The zero-order valence-electron chi connectivity index (χ0n) is 22.1. The summed E-state index contributed by atoms with van der Waals surface area (Å²) in [4.78, 5) is 15.1. The second-order valence-corrected chi connectivity index (χ2v) is 9.91. The van der Waals surface area contributed by atoms with Gasteiger partial charge in [0.2, 0.25) is 5.95 Å². The molecule has 1 aliphatic carbocycles. The number of fused-ring (bicyclic) bond motifs is 2. The Labute approximate surface area is 216 Å². The fourth-order valence-corrected chi connectivity index (χ4v) is 5.17. The molecule has 0 saturated heterocycles. The minimum Gasteiger partial charge on any atom is -0.350 e. The van der Waals surface area contributed by atoms with Gasteiger partial charge >= 0.3 is 0 Å². The number of benzene rings is 1. The van der Waals surface area contributed by atoms with Crippen molar-refractivity contribution in [2.24, 2.45) is 7.05 Å². The molecule has 3 aromatic heterocycles. The van der Waals surface area contributed by atoms with Crippen LogP contribution in [0.1, 0.15) is 13.3 Å². The van der Waals surface area contributed by atoms with E-state index in [1.807, 2.05) is 37.1 Å². The molecule has 0 bridgehead atoms. The Morgan fingerprint density at radius 2 is 2.03 bits per heavy atom. The Hall–Kier alpha value is -3.53. The van der Waals surface area contributed by atoms with Crippen LogP contribution in [-0.2, 0) is 7.05 Å². The van der Waals surface area contributed by atoms with Crippen LogP contribution in [0, 0.1) is 5.82 Å². The summed E-state index contributed by atoms with van der Waals surface area (Å²) in [6.45, 7) is 3.93. The molecular weight excluding hydrogens is 467 g/mol. The largest absolute Gasteiger partial charge is 0.350 e. The van der Waals surface area contributed by atoms with Gasteiger partial charge in [-0.2, -0.15) is 4.98 Å². The molecule has 37 heavy (non-hydrogen) atoms. The summed E-state index contributed by atoms with van der Waals surface area (Å²) in [5.74, 6) is 0.210. The third-order valence-corrected chi connectivity index (χ3v) is 7.20. The van der Waals surface area contributed by atoms with Gasteiger partial charge in [0, 0.05) is 53.0 Å². The highest BCUT2D eigenvalue weighted by Gasteiger charge is 2.35. The van der Waals surface area contributed by atoms with E-state index in [1.165, 1.54) is 6.07 Å². The molecule has 8 nitrogen and oxygen atoms in total. The SMILES string of the molecule is CCNC1C=C(Nc2nc(-c3cn(C)c4ccc(F)cc34)c3cc[nH]c3n2)C=CC1(CCN(C)C)NC. The number of allylic oxidation sites excluding steroid dienone is 1. The molecule has 5 rings (SSSR count). The molecule has 0 fully saturated rings. The number of anilines is 1. The van der Waals surface area contributed by atoms with Gasteiger partial charge in [0.25, 0.3) is 0 Å². The lowest BCUT2D eigenvalue weighted by atomic mass is 9.82. The van der Waals surface area contributed by atoms with Crippen molar-refractivity contribution in [1.82, 2.24) is 35.1 Å². The third kappa shape index (κ3) is 4.77. The molecule has 1 aliphatic rings. The summed E-state index contributed by atoms with van der Waals surface area (Å²) in [7, 11) is 8.16. The predicted molar refractivity (Wildman–Crippen MR) is 149 cm³/mol. The molecule has 4 aromatic rings. The second-order valence-electron chi connectivity index (χ2n) is 9.91. The van der Waals surface area contributed by atoms with E-state index in [1.54, 1.807) is 12.1 Å². The first kappa shape index (κ1) is 25.1. The maximum atomic E-state index is 14.2. The smallest absolute Gasteiger partial charge is 0.229 e. The number of aromatic amines is 1. The number of H-pyrrole nitrogens is 1. The van der Waals surface area contributed by atoms with Gasteiger partial charge in [-0.25, -0.2) is 9.37 Å². The maximum Gasteiger partial charge on any atom is 0.229 e. The van der Waals surface area contributed by atoms with Crippen molar-refractivity contribution in [3.8, 4) is 11.3 Å². The van der Waals surface area contributed by atoms with Crippen LogP contribution in [0.2, 0.25) is 0 Å². The molecule has 4 N–H and O–H groups in total. The van der Waals surface area contributed by atoms with Crippen molar-refractivity contribution in [3.05, 3.63) is 66.4 Å². The average molecular weight is 503 g/mol. The summed E-state index contributed by atoms with van der Waals surface area (Å²) in [6, 6.07) is 6.89.